The number of carbonyl (C=O) groups is 2. The van der Waals surface area contributed by atoms with Crippen molar-refractivity contribution in [1.29, 1.82) is 0 Å². The average Bonchev–Trinajstić information content (AvgIpc) is 2.72. The molecule has 0 unspecified atom stereocenters. The average molecular weight is 552 g/mol. The Kier molecular flexibility index (Phi) is 12.5. The number of amides is 2. The van der Waals surface area contributed by atoms with Crippen LogP contribution in [0.15, 0.2) is 29.3 Å². The van der Waals surface area contributed by atoms with Gasteiger partial charge in [-0.15, -0.1) is 24.0 Å². The van der Waals surface area contributed by atoms with Crippen LogP contribution in [0.1, 0.15) is 37.0 Å². The van der Waals surface area contributed by atoms with Crippen LogP contribution in [0, 0.1) is 0 Å². The van der Waals surface area contributed by atoms with Crippen molar-refractivity contribution in [3.8, 4) is 0 Å². The van der Waals surface area contributed by atoms with Gasteiger partial charge in [-0.1, -0.05) is 23.7 Å². The Labute approximate surface area is 200 Å². The Morgan fingerprint density at radius 3 is 2.53 bits per heavy atom. The highest BCUT2D eigenvalue weighted by atomic mass is 127. The summed E-state index contributed by atoms with van der Waals surface area (Å²) >= 11 is 6.04. The van der Waals surface area contributed by atoms with E-state index < -0.39 is 0 Å². The standard InChI is InChI=1S/C20H30ClN5O3.HI/c1-3-22-19(25-15-9-13-26(14-10-15)20(28)29-4-2)24-12-11-23-18(27)16-7-5-6-8-17(16)21;/h5-8,15H,3-4,9-14H2,1-2H3,(H,23,27)(H2,22,24,25);1H. The lowest BCUT2D eigenvalue weighted by atomic mass is 10.1. The maximum Gasteiger partial charge on any atom is 0.409 e. The van der Waals surface area contributed by atoms with Gasteiger partial charge in [-0.25, -0.2) is 4.79 Å². The summed E-state index contributed by atoms with van der Waals surface area (Å²) in [5, 5.41) is 9.87. The SMILES string of the molecule is CCNC(=NCCNC(=O)c1ccccc1Cl)NC1CCN(C(=O)OCC)CC1.I. The summed E-state index contributed by atoms with van der Waals surface area (Å²) in [5.74, 6) is 0.490. The van der Waals surface area contributed by atoms with Crippen LogP contribution in [0.3, 0.4) is 0 Å². The molecule has 1 aliphatic heterocycles. The third-order valence-electron chi connectivity index (χ3n) is 4.49. The number of guanidine groups is 1. The van der Waals surface area contributed by atoms with Gasteiger partial charge in [-0.2, -0.15) is 0 Å². The van der Waals surface area contributed by atoms with E-state index in [-0.39, 0.29) is 42.0 Å². The van der Waals surface area contributed by atoms with E-state index in [4.69, 9.17) is 16.3 Å². The number of ether oxygens (including phenoxy) is 1. The fourth-order valence-electron chi connectivity index (χ4n) is 3.01. The maximum absolute atomic E-state index is 12.2. The molecular weight excluding hydrogens is 521 g/mol. The molecule has 0 saturated carbocycles. The molecule has 1 heterocycles. The number of hydrogen-bond donors (Lipinski definition) is 3. The molecule has 0 atom stereocenters. The molecule has 1 aliphatic rings. The Morgan fingerprint density at radius 2 is 1.90 bits per heavy atom. The van der Waals surface area contributed by atoms with Gasteiger partial charge < -0.3 is 25.6 Å². The first-order valence-corrected chi connectivity index (χ1v) is 10.4. The van der Waals surface area contributed by atoms with Gasteiger partial charge in [0.2, 0.25) is 0 Å². The van der Waals surface area contributed by atoms with Crippen LogP contribution < -0.4 is 16.0 Å². The number of likely N-dealkylation sites (tertiary alicyclic amines) is 1. The number of rotatable bonds is 7. The number of aliphatic imine (C=N–C) groups is 1. The normalized spacial score (nSPS) is 14.5. The predicted molar refractivity (Wildman–Crippen MR) is 130 cm³/mol. The van der Waals surface area contributed by atoms with Crippen LogP contribution in [0.5, 0.6) is 0 Å². The van der Waals surface area contributed by atoms with Crippen LogP contribution in [0.4, 0.5) is 4.79 Å². The Morgan fingerprint density at radius 1 is 1.20 bits per heavy atom. The van der Waals surface area contributed by atoms with E-state index in [1.54, 1.807) is 29.2 Å². The van der Waals surface area contributed by atoms with E-state index in [1.807, 2.05) is 13.8 Å². The van der Waals surface area contributed by atoms with Crippen molar-refractivity contribution < 1.29 is 14.3 Å². The molecule has 2 amide bonds. The molecule has 10 heteroatoms. The molecule has 0 aromatic heterocycles. The van der Waals surface area contributed by atoms with Crippen molar-refractivity contribution >= 4 is 53.5 Å². The van der Waals surface area contributed by atoms with E-state index in [0.29, 0.717) is 49.3 Å². The second kappa shape index (κ2) is 14.3. The molecule has 1 fully saturated rings. The smallest absolute Gasteiger partial charge is 0.409 e. The highest BCUT2D eigenvalue weighted by Gasteiger charge is 2.24. The van der Waals surface area contributed by atoms with Gasteiger partial charge in [0.1, 0.15) is 0 Å². The fraction of sp³-hybridized carbons (Fsp3) is 0.550. The van der Waals surface area contributed by atoms with Crippen molar-refractivity contribution in [2.75, 3.05) is 39.3 Å². The highest BCUT2D eigenvalue weighted by Crippen LogP contribution is 2.14. The topological polar surface area (TPSA) is 95.1 Å². The molecule has 0 aliphatic carbocycles. The predicted octanol–water partition coefficient (Wildman–Crippen LogP) is 2.86. The van der Waals surface area contributed by atoms with E-state index in [1.165, 1.54) is 0 Å². The van der Waals surface area contributed by atoms with E-state index >= 15 is 0 Å². The fourth-order valence-corrected chi connectivity index (χ4v) is 3.23. The van der Waals surface area contributed by atoms with Crippen LogP contribution in [0.25, 0.3) is 0 Å². The molecule has 1 aromatic carbocycles. The zero-order valence-electron chi connectivity index (χ0n) is 17.4. The molecular formula is C20H31ClIN5O3. The molecule has 168 valence electrons. The van der Waals surface area contributed by atoms with Gasteiger partial charge in [0.05, 0.1) is 23.7 Å². The van der Waals surface area contributed by atoms with Gasteiger partial charge in [0.25, 0.3) is 5.91 Å². The third kappa shape index (κ3) is 8.55. The van der Waals surface area contributed by atoms with E-state index in [2.05, 4.69) is 20.9 Å². The number of hydrogen-bond acceptors (Lipinski definition) is 4. The van der Waals surface area contributed by atoms with Crippen molar-refractivity contribution in [2.24, 2.45) is 4.99 Å². The summed E-state index contributed by atoms with van der Waals surface area (Å²) in [5.41, 5.74) is 0.455. The molecule has 3 N–H and O–H groups in total. The zero-order valence-corrected chi connectivity index (χ0v) is 20.5. The molecule has 0 spiro atoms. The van der Waals surface area contributed by atoms with Gasteiger partial charge in [-0.05, 0) is 38.8 Å². The first kappa shape index (κ1) is 26.3. The van der Waals surface area contributed by atoms with Crippen molar-refractivity contribution in [3.05, 3.63) is 34.9 Å². The summed E-state index contributed by atoms with van der Waals surface area (Å²) in [6.07, 6.45) is 1.40. The number of halogens is 2. The molecule has 8 nitrogen and oxygen atoms in total. The second-order valence-corrected chi connectivity index (χ2v) is 7.01. The minimum atomic E-state index is -0.249. The van der Waals surface area contributed by atoms with E-state index in [9.17, 15) is 9.59 Å². The summed E-state index contributed by atoms with van der Waals surface area (Å²) in [7, 11) is 0. The molecule has 30 heavy (non-hydrogen) atoms. The quantitative estimate of drug-likeness (QED) is 0.210. The number of carbonyl (C=O) groups excluding carboxylic acids is 2. The number of nitrogens with one attached hydrogen (secondary N) is 3. The monoisotopic (exact) mass is 551 g/mol. The van der Waals surface area contributed by atoms with Gasteiger partial charge in [0.15, 0.2) is 5.96 Å². The maximum atomic E-state index is 12.2. The lowest BCUT2D eigenvalue weighted by Gasteiger charge is -2.32. The highest BCUT2D eigenvalue weighted by molar-refractivity contribution is 14.0. The molecule has 0 bridgehead atoms. The summed E-state index contributed by atoms with van der Waals surface area (Å²) < 4.78 is 5.05. The largest absolute Gasteiger partial charge is 0.450 e. The summed E-state index contributed by atoms with van der Waals surface area (Å²) in [6, 6.07) is 7.18. The number of nitrogens with zero attached hydrogens (tertiary/aromatic N) is 2. The Balaban J connectivity index is 0.00000450. The minimum absolute atomic E-state index is 0. The van der Waals surface area contributed by atoms with Crippen molar-refractivity contribution in [3.63, 3.8) is 0 Å². The minimum Gasteiger partial charge on any atom is -0.450 e. The van der Waals surface area contributed by atoms with Crippen molar-refractivity contribution in [2.45, 2.75) is 32.7 Å². The molecule has 0 radical (unpaired) electrons. The Hall–Kier alpha value is -1.75. The Bertz CT molecular complexity index is 711. The first-order valence-electron chi connectivity index (χ1n) is 10.0. The van der Waals surface area contributed by atoms with E-state index in [0.717, 1.165) is 19.4 Å². The lowest BCUT2D eigenvalue weighted by molar-refractivity contribution is 0.0949. The first-order chi connectivity index (χ1) is 14.0. The number of benzene rings is 1. The van der Waals surface area contributed by atoms with Gasteiger partial charge in [-0.3, -0.25) is 9.79 Å². The third-order valence-corrected chi connectivity index (χ3v) is 4.82. The molecule has 1 saturated heterocycles. The molecule has 1 aromatic rings. The number of piperidine rings is 1. The second-order valence-electron chi connectivity index (χ2n) is 6.60. The summed E-state index contributed by atoms with van der Waals surface area (Å²) in [4.78, 5) is 30.2. The molecule has 2 rings (SSSR count). The summed E-state index contributed by atoms with van der Waals surface area (Å²) in [6.45, 7) is 7.09. The lowest BCUT2D eigenvalue weighted by Crippen LogP contribution is -2.50. The van der Waals surface area contributed by atoms with Crippen LogP contribution in [0.2, 0.25) is 5.02 Å². The van der Waals surface area contributed by atoms with Gasteiger partial charge >= 0.3 is 6.09 Å². The van der Waals surface area contributed by atoms with Crippen LogP contribution in [-0.2, 0) is 4.74 Å². The van der Waals surface area contributed by atoms with Crippen LogP contribution >= 0.6 is 35.6 Å². The van der Waals surface area contributed by atoms with Crippen LogP contribution in [-0.4, -0.2) is 68.2 Å². The van der Waals surface area contributed by atoms with Gasteiger partial charge in [0, 0.05) is 32.2 Å². The van der Waals surface area contributed by atoms with Crippen molar-refractivity contribution in [1.82, 2.24) is 20.9 Å². The zero-order chi connectivity index (χ0) is 21.1.